The predicted octanol–water partition coefficient (Wildman–Crippen LogP) is 3.20. The molecule has 0 bridgehead atoms. The molecule has 2 aromatic heterocycles. The van der Waals surface area contributed by atoms with Crippen LogP contribution in [-0.4, -0.2) is 21.1 Å². The maximum atomic E-state index is 12.1. The zero-order chi connectivity index (χ0) is 16.8. The maximum absolute atomic E-state index is 12.1. The van der Waals surface area contributed by atoms with E-state index in [0.717, 1.165) is 11.4 Å². The summed E-state index contributed by atoms with van der Waals surface area (Å²) in [7, 11) is 0. The number of pyridine rings is 1. The monoisotopic (exact) mass is 339 g/mol. The molecule has 24 heavy (non-hydrogen) atoms. The molecule has 0 saturated heterocycles. The van der Waals surface area contributed by atoms with Crippen LogP contribution in [-0.2, 0) is 6.54 Å². The van der Waals surface area contributed by atoms with E-state index in [1.54, 1.807) is 30.5 Å². The minimum atomic E-state index is -0.303. The van der Waals surface area contributed by atoms with E-state index >= 15 is 0 Å². The Hall–Kier alpha value is -2.99. The van der Waals surface area contributed by atoms with Crippen LogP contribution in [0.1, 0.15) is 16.2 Å². The highest BCUT2D eigenvalue weighted by Crippen LogP contribution is 2.18. The van der Waals surface area contributed by atoms with E-state index in [0.29, 0.717) is 17.4 Å². The summed E-state index contributed by atoms with van der Waals surface area (Å²) in [6, 6.07) is 16.1. The number of amides is 1. The first-order chi connectivity index (χ1) is 11.7. The van der Waals surface area contributed by atoms with Gasteiger partial charge in [0.15, 0.2) is 11.5 Å². The van der Waals surface area contributed by atoms with Crippen LogP contribution >= 0.6 is 11.6 Å². The zero-order valence-corrected chi connectivity index (χ0v) is 13.4. The summed E-state index contributed by atoms with van der Waals surface area (Å²) in [5.41, 5.74) is 1.81. The van der Waals surface area contributed by atoms with Crippen LogP contribution in [0.5, 0.6) is 0 Å². The van der Waals surface area contributed by atoms with Gasteiger partial charge in [-0.15, -0.1) is 10.2 Å². The zero-order valence-electron chi connectivity index (χ0n) is 12.6. The fourth-order valence-corrected chi connectivity index (χ4v) is 2.19. The van der Waals surface area contributed by atoms with E-state index in [4.69, 9.17) is 11.6 Å². The highest BCUT2D eigenvalue weighted by Gasteiger charge is 2.08. The highest BCUT2D eigenvalue weighted by atomic mass is 35.5. The van der Waals surface area contributed by atoms with Gasteiger partial charge in [-0.3, -0.25) is 9.78 Å². The van der Waals surface area contributed by atoms with Gasteiger partial charge in [-0.05, 0) is 42.5 Å². The van der Waals surface area contributed by atoms with Crippen molar-refractivity contribution in [1.82, 2.24) is 20.5 Å². The Labute approximate surface area is 143 Å². The molecule has 2 N–H and O–H groups in total. The summed E-state index contributed by atoms with van der Waals surface area (Å²) in [4.78, 5) is 16.2. The second kappa shape index (κ2) is 7.52. The van der Waals surface area contributed by atoms with Gasteiger partial charge in [0.1, 0.15) is 0 Å². The molecule has 0 fully saturated rings. The molecular formula is C17H14ClN5O. The minimum Gasteiger partial charge on any atom is -0.345 e. The third kappa shape index (κ3) is 4.27. The first kappa shape index (κ1) is 15.9. The number of nitrogens with one attached hydrogen (secondary N) is 2. The Morgan fingerprint density at radius 1 is 1.04 bits per heavy atom. The summed E-state index contributed by atoms with van der Waals surface area (Å²) in [6.45, 7) is 0.337. The van der Waals surface area contributed by atoms with Gasteiger partial charge >= 0.3 is 0 Å². The molecule has 0 unspecified atom stereocenters. The van der Waals surface area contributed by atoms with Crippen LogP contribution in [0.25, 0.3) is 0 Å². The van der Waals surface area contributed by atoms with Crippen molar-refractivity contribution in [2.75, 3.05) is 5.32 Å². The molecule has 0 aliphatic rings. The summed E-state index contributed by atoms with van der Waals surface area (Å²) < 4.78 is 0. The Bertz CT molecular complexity index is 824. The third-order valence-corrected chi connectivity index (χ3v) is 3.39. The van der Waals surface area contributed by atoms with Crippen LogP contribution in [0.15, 0.2) is 60.8 Å². The van der Waals surface area contributed by atoms with Crippen molar-refractivity contribution in [1.29, 1.82) is 0 Å². The van der Waals surface area contributed by atoms with Crippen molar-refractivity contribution in [2.45, 2.75) is 6.54 Å². The van der Waals surface area contributed by atoms with Gasteiger partial charge in [0.05, 0.1) is 12.2 Å². The second-order valence-corrected chi connectivity index (χ2v) is 5.38. The molecule has 120 valence electrons. The van der Waals surface area contributed by atoms with E-state index in [-0.39, 0.29) is 11.6 Å². The van der Waals surface area contributed by atoms with Gasteiger partial charge in [-0.2, -0.15) is 0 Å². The van der Waals surface area contributed by atoms with Crippen LogP contribution in [0, 0.1) is 0 Å². The molecule has 7 heteroatoms. The molecular weight excluding hydrogens is 326 g/mol. The van der Waals surface area contributed by atoms with E-state index < -0.39 is 0 Å². The molecule has 1 aromatic carbocycles. The molecule has 0 radical (unpaired) electrons. The number of hydrogen-bond donors (Lipinski definition) is 2. The van der Waals surface area contributed by atoms with Gasteiger partial charge in [0.25, 0.3) is 5.91 Å². The Morgan fingerprint density at radius 2 is 1.96 bits per heavy atom. The number of carbonyl (C=O) groups excluding carboxylic acids is 1. The molecule has 0 saturated carbocycles. The molecule has 1 amide bonds. The normalized spacial score (nSPS) is 10.2. The van der Waals surface area contributed by atoms with E-state index in [1.165, 1.54) is 0 Å². The van der Waals surface area contributed by atoms with Gasteiger partial charge in [-0.1, -0.05) is 23.7 Å². The smallest absolute Gasteiger partial charge is 0.272 e. The third-order valence-electron chi connectivity index (χ3n) is 3.15. The van der Waals surface area contributed by atoms with E-state index in [1.807, 2.05) is 30.3 Å². The van der Waals surface area contributed by atoms with Crippen molar-refractivity contribution in [2.24, 2.45) is 0 Å². The van der Waals surface area contributed by atoms with Gasteiger partial charge in [0, 0.05) is 16.9 Å². The minimum absolute atomic E-state index is 0.238. The van der Waals surface area contributed by atoms with Crippen molar-refractivity contribution in [3.8, 4) is 0 Å². The van der Waals surface area contributed by atoms with Gasteiger partial charge < -0.3 is 10.6 Å². The molecule has 3 rings (SSSR count). The number of halogens is 1. The molecule has 0 aliphatic heterocycles. The standard InChI is InChI=1S/C17H14ClN5O/c18-12-4-3-6-13(10-12)21-16-8-7-15(22-23-16)17(24)20-11-14-5-1-2-9-19-14/h1-10H,11H2,(H,20,24)(H,21,23). The molecule has 6 nitrogen and oxygen atoms in total. The quantitative estimate of drug-likeness (QED) is 0.746. The van der Waals surface area contributed by atoms with Crippen LogP contribution < -0.4 is 10.6 Å². The summed E-state index contributed by atoms with van der Waals surface area (Å²) in [5, 5.41) is 14.4. The Morgan fingerprint density at radius 3 is 2.67 bits per heavy atom. The van der Waals surface area contributed by atoms with Crippen LogP contribution in [0.4, 0.5) is 11.5 Å². The van der Waals surface area contributed by atoms with E-state index in [2.05, 4.69) is 25.8 Å². The van der Waals surface area contributed by atoms with E-state index in [9.17, 15) is 4.79 Å². The first-order valence-electron chi connectivity index (χ1n) is 7.25. The average molecular weight is 340 g/mol. The largest absolute Gasteiger partial charge is 0.345 e. The molecule has 0 spiro atoms. The lowest BCUT2D eigenvalue weighted by atomic mass is 10.3. The predicted molar refractivity (Wildman–Crippen MR) is 92.2 cm³/mol. The van der Waals surface area contributed by atoms with Crippen LogP contribution in [0.2, 0.25) is 5.02 Å². The molecule has 0 atom stereocenters. The SMILES string of the molecule is O=C(NCc1ccccn1)c1ccc(Nc2cccc(Cl)c2)nn1. The number of carbonyl (C=O) groups is 1. The number of rotatable bonds is 5. The van der Waals surface area contributed by atoms with Crippen molar-refractivity contribution < 1.29 is 4.79 Å². The summed E-state index contributed by atoms with van der Waals surface area (Å²) in [5.74, 6) is 0.223. The number of nitrogens with zero attached hydrogens (tertiary/aromatic N) is 3. The lowest BCUT2D eigenvalue weighted by Crippen LogP contribution is -2.24. The van der Waals surface area contributed by atoms with Gasteiger partial charge in [-0.25, -0.2) is 0 Å². The average Bonchev–Trinajstić information content (AvgIpc) is 2.61. The molecule has 2 heterocycles. The van der Waals surface area contributed by atoms with Crippen molar-refractivity contribution in [3.05, 3.63) is 77.2 Å². The lowest BCUT2D eigenvalue weighted by molar-refractivity contribution is 0.0944. The highest BCUT2D eigenvalue weighted by molar-refractivity contribution is 6.30. The van der Waals surface area contributed by atoms with Gasteiger partial charge in [0.2, 0.25) is 0 Å². The second-order valence-electron chi connectivity index (χ2n) is 4.94. The number of benzene rings is 1. The Kier molecular flexibility index (Phi) is 4.98. The van der Waals surface area contributed by atoms with Crippen molar-refractivity contribution >= 4 is 29.0 Å². The number of hydrogen-bond acceptors (Lipinski definition) is 5. The summed E-state index contributed by atoms with van der Waals surface area (Å²) >= 11 is 5.93. The van der Waals surface area contributed by atoms with Crippen LogP contribution in [0.3, 0.4) is 0 Å². The fraction of sp³-hybridized carbons (Fsp3) is 0.0588. The lowest BCUT2D eigenvalue weighted by Gasteiger charge is -2.06. The molecule has 3 aromatic rings. The summed E-state index contributed by atoms with van der Waals surface area (Å²) in [6.07, 6.45) is 1.68. The molecule has 0 aliphatic carbocycles. The Balaban J connectivity index is 1.60. The number of anilines is 2. The maximum Gasteiger partial charge on any atom is 0.272 e. The first-order valence-corrected chi connectivity index (χ1v) is 7.63. The fourth-order valence-electron chi connectivity index (χ4n) is 2.00. The number of aromatic nitrogens is 3. The van der Waals surface area contributed by atoms with Crippen molar-refractivity contribution in [3.63, 3.8) is 0 Å². The topological polar surface area (TPSA) is 79.8 Å².